The van der Waals surface area contributed by atoms with Crippen molar-refractivity contribution in [1.29, 1.82) is 0 Å². The number of carboxylic acids is 1. The monoisotopic (exact) mass is 228 g/mol. The summed E-state index contributed by atoms with van der Waals surface area (Å²) in [4.78, 5) is 10.8. The Kier molecular flexibility index (Phi) is 4.50. The number of hydrogen-bond acceptors (Lipinski definition) is 3. The van der Waals surface area contributed by atoms with Crippen LogP contribution in [0.5, 0.6) is 0 Å². The Morgan fingerprint density at radius 1 is 1.38 bits per heavy atom. The van der Waals surface area contributed by atoms with Crippen LogP contribution in [0.15, 0.2) is 11.6 Å². The molecule has 0 heterocycles. The second-order valence-corrected chi connectivity index (χ2v) is 4.78. The van der Waals surface area contributed by atoms with Gasteiger partial charge in [-0.15, -0.1) is 0 Å². The summed E-state index contributed by atoms with van der Waals surface area (Å²) in [5.41, 5.74) is -0.106. The molecule has 0 radical (unpaired) electrons. The van der Waals surface area contributed by atoms with Crippen LogP contribution in [0, 0.1) is 11.3 Å². The summed E-state index contributed by atoms with van der Waals surface area (Å²) in [6.07, 6.45) is 4.88. The standard InChI is InChI=1S/C12H20O4/c1-9(11(15)16)6-12(8-14)4-2-10(7-13)3-5-12/h6,10,13-14H,2-5,7-8H2,1H3,(H,15,16)/b9-6+. The van der Waals surface area contributed by atoms with E-state index in [2.05, 4.69) is 0 Å². The Hall–Kier alpha value is -0.870. The van der Waals surface area contributed by atoms with Crippen LogP contribution < -0.4 is 0 Å². The predicted molar refractivity (Wildman–Crippen MR) is 60.0 cm³/mol. The van der Waals surface area contributed by atoms with E-state index in [-0.39, 0.29) is 18.8 Å². The molecule has 4 heteroatoms. The molecule has 0 atom stereocenters. The third-order valence-electron chi connectivity index (χ3n) is 3.53. The molecule has 0 aromatic carbocycles. The van der Waals surface area contributed by atoms with Crippen molar-refractivity contribution in [2.75, 3.05) is 13.2 Å². The van der Waals surface area contributed by atoms with Gasteiger partial charge in [-0.1, -0.05) is 6.08 Å². The minimum Gasteiger partial charge on any atom is -0.478 e. The summed E-state index contributed by atoms with van der Waals surface area (Å²) in [5, 5.41) is 27.3. The predicted octanol–water partition coefficient (Wildman–Crippen LogP) is 1.18. The van der Waals surface area contributed by atoms with E-state index in [4.69, 9.17) is 10.2 Å². The van der Waals surface area contributed by atoms with Crippen LogP contribution in [0.4, 0.5) is 0 Å². The molecule has 0 unspecified atom stereocenters. The van der Waals surface area contributed by atoms with Crippen molar-refractivity contribution in [2.45, 2.75) is 32.6 Å². The Balaban J connectivity index is 2.73. The average molecular weight is 228 g/mol. The number of carbonyl (C=O) groups is 1. The Morgan fingerprint density at radius 3 is 2.31 bits per heavy atom. The van der Waals surface area contributed by atoms with Crippen LogP contribution >= 0.6 is 0 Å². The normalized spacial score (nSPS) is 31.4. The van der Waals surface area contributed by atoms with E-state index in [9.17, 15) is 9.90 Å². The second kappa shape index (κ2) is 5.46. The molecule has 0 amide bonds. The number of rotatable bonds is 4. The van der Waals surface area contributed by atoms with Gasteiger partial charge in [0.1, 0.15) is 0 Å². The minimum atomic E-state index is -0.933. The summed E-state index contributed by atoms with van der Waals surface area (Å²) < 4.78 is 0. The Labute approximate surface area is 95.6 Å². The molecule has 1 aliphatic rings. The van der Waals surface area contributed by atoms with E-state index in [1.165, 1.54) is 0 Å². The second-order valence-electron chi connectivity index (χ2n) is 4.78. The summed E-state index contributed by atoms with van der Waals surface area (Å²) >= 11 is 0. The first-order valence-corrected chi connectivity index (χ1v) is 5.67. The van der Waals surface area contributed by atoms with Crippen LogP contribution in [-0.4, -0.2) is 34.5 Å². The summed E-state index contributed by atoms with van der Waals surface area (Å²) in [6, 6.07) is 0. The first-order valence-electron chi connectivity index (χ1n) is 5.67. The van der Waals surface area contributed by atoms with Crippen molar-refractivity contribution < 1.29 is 20.1 Å². The molecule has 16 heavy (non-hydrogen) atoms. The van der Waals surface area contributed by atoms with Crippen molar-refractivity contribution in [3.8, 4) is 0 Å². The van der Waals surface area contributed by atoms with E-state index in [1.54, 1.807) is 13.0 Å². The van der Waals surface area contributed by atoms with Crippen molar-refractivity contribution in [1.82, 2.24) is 0 Å². The fourth-order valence-corrected chi connectivity index (χ4v) is 2.30. The van der Waals surface area contributed by atoms with Gasteiger partial charge >= 0.3 is 5.97 Å². The molecule has 0 aliphatic heterocycles. The van der Waals surface area contributed by atoms with E-state index in [1.807, 2.05) is 0 Å². The van der Waals surface area contributed by atoms with Gasteiger partial charge in [-0.25, -0.2) is 4.79 Å². The molecule has 0 spiro atoms. The molecule has 1 rings (SSSR count). The zero-order valence-electron chi connectivity index (χ0n) is 9.65. The van der Waals surface area contributed by atoms with Gasteiger partial charge in [-0.2, -0.15) is 0 Å². The van der Waals surface area contributed by atoms with Crippen LogP contribution in [0.1, 0.15) is 32.6 Å². The summed E-state index contributed by atoms with van der Waals surface area (Å²) in [6.45, 7) is 1.72. The van der Waals surface area contributed by atoms with Crippen molar-refractivity contribution in [3.05, 3.63) is 11.6 Å². The number of hydrogen-bond donors (Lipinski definition) is 3. The maximum Gasteiger partial charge on any atom is 0.330 e. The summed E-state index contributed by atoms with van der Waals surface area (Å²) in [5.74, 6) is -0.629. The molecule has 0 saturated heterocycles. The zero-order valence-corrected chi connectivity index (χ0v) is 9.65. The molecular formula is C12H20O4. The van der Waals surface area contributed by atoms with Gasteiger partial charge < -0.3 is 15.3 Å². The zero-order chi connectivity index (χ0) is 12.2. The molecular weight excluding hydrogens is 208 g/mol. The maximum absolute atomic E-state index is 10.8. The highest BCUT2D eigenvalue weighted by molar-refractivity contribution is 5.85. The molecule has 4 nitrogen and oxygen atoms in total. The fraction of sp³-hybridized carbons (Fsp3) is 0.750. The van der Waals surface area contributed by atoms with Gasteiger partial charge in [0.25, 0.3) is 0 Å². The summed E-state index contributed by atoms with van der Waals surface area (Å²) in [7, 11) is 0. The number of aliphatic hydroxyl groups excluding tert-OH is 2. The lowest BCUT2D eigenvalue weighted by molar-refractivity contribution is -0.132. The molecule has 3 N–H and O–H groups in total. The van der Waals surface area contributed by atoms with Crippen LogP contribution in [0.3, 0.4) is 0 Å². The SMILES string of the molecule is C/C(=C\C1(CO)CCC(CO)CC1)C(=O)O. The van der Waals surface area contributed by atoms with Crippen molar-refractivity contribution in [3.63, 3.8) is 0 Å². The fourth-order valence-electron chi connectivity index (χ4n) is 2.30. The highest BCUT2D eigenvalue weighted by Gasteiger charge is 2.33. The smallest absolute Gasteiger partial charge is 0.330 e. The third kappa shape index (κ3) is 3.06. The van der Waals surface area contributed by atoms with Gasteiger partial charge in [-0.05, 0) is 38.5 Å². The van der Waals surface area contributed by atoms with Gasteiger partial charge in [0.2, 0.25) is 0 Å². The van der Waals surface area contributed by atoms with Crippen LogP contribution in [0.2, 0.25) is 0 Å². The topological polar surface area (TPSA) is 77.8 Å². The number of aliphatic carboxylic acids is 1. The van der Waals surface area contributed by atoms with Crippen LogP contribution in [-0.2, 0) is 4.79 Å². The lowest BCUT2D eigenvalue weighted by Crippen LogP contribution is -2.31. The van der Waals surface area contributed by atoms with Crippen LogP contribution in [0.25, 0.3) is 0 Å². The van der Waals surface area contributed by atoms with Crippen molar-refractivity contribution in [2.24, 2.45) is 11.3 Å². The van der Waals surface area contributed by atoms with Crippen molar-refractivity contribution >= 4 is 5.97 Å². The Morgan fingerprint density at radius 2 is 1.94 bits per heavy atom. The molecule has 0 aromatic heterocycles. The van der Waals surface area contributed by atoms with E-state index < -0.39 is 11.4 Å². The minimum absolute atomic E-state index is 0.0181. The van der Waals surface area contributed by atoms with E-state index in [0.29, 0.717) is 5.92 Å². The quantitative estimate of drug-likeness (QED) is 0.631. The van der Waals surface area contributed by atoms with Gasteiger partial charge in [0.15, 0.2) is 0 Å². The average Bonchev–Trinajstić information content (AvgIpc) is 2.29. The highest BCUT2D eigenvalue weighted by Crippen LogP contribution is 2.40. The molecule has 1 saturated carbocycles. The van der Waals surface area contributed by atoms with E-state index in [0.717, 1.165) is 25.7 Å². The Bertz CT molecular complexity index is 275. The van der Waals surface area contributed by atoms with E-state index >= 15 is 0 Å². The highest BCUT2D eigenvalue weighted by atomic mass is 16.4. The van der Waals surface area contributed by atoms with Gasteiger partial charge in [-0.3, -0.25) is 0 Å². The molecule has 0 aromatic rings. The lowest BCUT2D eigenvalue weighted by Gasteiger charge is -2.36. The lowest BCUT2D eigenvalue weighted by atomic mass is 9.70. The molecule has 1 aliphatic carbocycles. The number of carboxylic acid groups (broad SMARTS) is 1. The van der Waals surface area contributed by atoms with Gasteiger partial charge in [0, 0.05) is 17.6 Å². The molecule has 0 bridgehead atoms. The molecule has 92 valence electrons. The van der Waals surface area contributed by atoms with Gasteiger partial charge in [0.05, 0.1) is 6.61 Å². The first kappa shape index (κ1) is 13.2. The first-order chi connectivity index (χ1) is 7.53. The number of aliphatic hydroxyl groups is 2. The molecule has 1 fully saturated rings. The maximum atomic E-state index is 10.8. The largest absolute Gasteiger partial charge is 0.478 e. The third-order valence-corrected chi connectivity index (χ3v) is 3.53.